The minimum Gasteiger partial charge on any atom is -0.476 e. The second-order valence-electron chi connectivity index (χ2n) is 9.54. The van der Waals surface area contributed by atoms with E-state index in [0.29, 0.717) is 40.3 Å². The molecule has 3 heterocycles. The highest BCUT2D eigenvalue weighted by Crippen LogP contribution is 2.38. The van der Waals surface area contributed by atoms with Gasteiger partial charge in [-0.1, -0.05) is 6.92 Å². The highest BCUT2D eigenvalue weighted by atomic mass is 32.2. The largest absolute Gasteiger partial charge is 0.476 e. The maximum atomic E-state index is 13.2. The number of halogens is 3. The van der Waals surface area contributed by atoms with Gasteiger partial charge in [0, 0.05) is 43.3 Å². The minimum absolute atomic E-state index is 0.0480. The summed E-state index contributed by atoms with van der Waals surface area (Å²) >= 11 is 1.04. The Bertz CT molecular complexity index is 1160. The predicted octanol–water partition coefficient (Wildman–Crippen LogP) is 4.70. The van der Waals surface area contributed by atoms with E-state index in [1.807, 2.05) is 0 Å². The number of pyridine rings is 1. The van der Waals surface area contributed by atoms with Crippen LogP contribution in [0.4, 0.5) is 19.0 Å². The molecule has 0 spiro atoms. The lowest BCUT2D eigenvalue weighted by Crippen LogP contribution is -2.40. The Kier molecular flexibility index (Phi) is 8.77. The molecule has 9 nitrogen and oxygen atoms in total. The number of nitrogens with zero attached hydrogens (tertiary/aromatic N) is 4. The van der Waals surface area contributed by atoms with Crippen molar-refractivity contribution < 1.29 is 22.7 Å². The average Bonchev–Trinajstić information content (AvgIpc) is 3.37. The molecule has 1 atom stereocenters. The van der Waals surface area contributed by atoms with Crippen molar-refractivity contribution in [1.82, 2.24) is 24.8 Å². The van der Waals surface area contributed by atoms with Crippen LogP contribution in [-0.2, 0) is 0 Å². The van der Waals surface area contributed by atoms with E-state index in [1.165, 1.54) is 10.7 Å². The summed E-state index contributed by atoms with van der Waals surface area (Å²) < 4.78 is 46.6. The van der Waals surface area contributed by atoms with Gasteiger partial charge in [0.05, 0.1) is 23.5 Å². The van der Waals surface area contributed by atoms with Gasteiger partial charge in [-0.3, -0.25) is 9.52 Å². The summed E-state index contributed by atoms with van der Waals surface area (Å²) in [5.74, 6) is 0.938. The predicted molar refractivity (Wildman–Crippen MR) is 138 cm³/mol. The Balaban J connectivity index is 1.90. The second kappa shape index (κ2) is 11.4. The van der Waals surface area contributed by atoms with Crippen LogP contribution in [0.25, 0.3) is 5.82 Å². The SMILES string of the molecule is CN/C=C(/SNC(=O)c1ccc(-n2ccc(OCCC(F)(F)F)n2)nc1N1C[C@@H](C)CC1(C)C)C(C)=N. The number of alkyl halides is 3. The van der Waals surface area contributed by atoms with Crippen LogP contribution in [0.5, 0.6) is 5.88 Å². The summed E-state index contributed by atoms with van der Waals surface area (Å²) in [6.45, 7) is 8.12. The molecule has 0 unspecified atom stereocenters. The number of allylic oxidation sites excluding steroid dienone is 1. The monoisotopic (exact) mass is 539 g/mol. The van der Waals surface area contributed by atoms with E-state index in [1.54, 1.807) is 38.5 Å². The quantitative estimate of drug-likeness (QED) is 0.297. The fourth-order valence-electron chi connectivity index (χ4n) is 4.19. The third-order valence-electron chi connectivity index (χ3n) is 5.77. The number of anilines is 1. The molecule has 1 aliphatic rings. The van der Waals surface area contributed by atoms with Crippen molar-refractivity contribution in [3.05, 3.63) is 41.1 Å². The molecular weight excluding hydrogens is 507 g/mol. The molecule has 0 aliphatic carbocycles. The fraction of sp³-hybridized carbons (Fsp3) is 0.500. The first-order chi connectivity index (χ1) is 17.3. The van der Waals surface area contributed by atoms with Crippen LogP contribution in [0.15, 0.2) is 35.5 Å². The first kappa shape index (κ1) is 28.4. The van der Waals surface area contributed by atoms with Crippen LogP contribution in [0, 0.1) is 11.3 Å². The van der Waals surface area contributed by atoms with Crippen molar-refractivity contribution in [2.45, 2.75) is 52.3 Å². The van der Waals surface area contributed by atoms with E-state index in [4.69, 9.17) is 15.1 Å². The van der Waals surface area contributed by atoms with Crippen molar-refractivity contribution in [3.63, 3.8) is 0 Å². The zero-order valence-electron chi connectivity index (χ0n) is 21.4. The van der Waals surface area contributed by atoms with E-state index in [9.17, 15) is 18.0 Å². The van der Waals surface area contributed by atoms with Gasteiger partial charge < -0.3 is 20.4 Å². The lowest BCUT2D eigenvalue weighted by molar-refractivity contribution is -0.139. The van der Waals surface area contributed by atoms with E-state index in [0.717, 1.165) is 18.4 Å². The third kappa shape index (κ3) is 7.40. The Morgan fingerprint density at radius 1 is 1.35 bits per heavy atom. The van der Waals surface area contributed by atoms with Gasteiger partial charge in [0.15, 0.2) is 5.82 Å². The molecule has 2 aromatic heterocycles. The van der Waals surface area contributed by atoms with Crippen LogP contribution in [0.3, 0.4) is 0 Å². The maximum absolute atomic E-state index is 13.2. The number of carbonyl (C=O) groups excluding carboxylic acids is 1. The molecule has 1 aliphatic heterocycles. The van der Waals surface area contributed by atoms with Crippen molar-refractivity contribution in [2.75, 3.05) is 25.1 Å². The lowest BCUT2D eigenvalue weighted by atomic mass is 9.97. The van der Waals surface area contributed by atoms with Crippen molar-refractivity contribution in [3.8, 4) is 11.7 Å². The number of rotatable bonds is 10. The van der Waals surface area contributed by atoms with E-state index < -0.39 is 19.2 Å². The molecule has 0 saturated carbocycles. The van der Waals surface area contributed by atoms with Gasteiger partial charge in [-0.2, -0.15) is 13.2 Å². The molecule has 0 aromatic carbocycles. The molecule has 0 radical (unpaired) electrons. The first-order valence-corrected chi connectivity index (χ1v) is 12.6. The van der Waals surface area contributed by atoms with Crippen LogP contribution < -0.4 is 19.7 Å². The van der Waals surface area contributed by atoms with Crippen LogP contribution in [-0.4, -0.2) is 58.3 Å². The molecule has 202 valence electrons. The zero-order valence-corrected chi connectivity index (χ0v) is 22.3. The number of hydrogen-bond donors (Lipinski definition) is 3. The molecule has 37 heavy (non-hydrogen) atoms. The van der Waals surface area contributed by atoms with E-state index in [-0.39, 0.29) is 17.3 Å². The molecule has 3 rings (SSSR count). The summed E-state index contributed by atoms with van der Waals surface area (Å²) in [5.41, 5.74) is 0.403. The molecular formula is C24H32F3N7O2S. The van der Waals surface area contributed by atoms with Crippen LogP contribution >= 0.6 is 11.9 Å². The molecule has 1 saturated heterocycles. The molecule has 3 N–H and O–H groups in total. The molecule has 0 bridgehead atoms. The molecule has 1 amide bonds. The van der Waals surface area contributed by atoms with Gasteiger partial charge in [-0.05, 0) is 57.2 Å². The Hall–Kier alpha value is -3.22. The third-order valence-corrected chi connectivity index (χ3v) is 6.70. The molecule has 2 aromatic rings. The van der Waals surface area contributed by atoms with Gasteiger partial charge in [0.2, 0.25) is 5.88 Å². The van der Waals surface area contributed by atoms with Gasteiger partial charge >= 0.3 is 6.18 Å². The number of aromatic nitrogens is 3. The minimum atomic E-state index is -4.31. The van der Waals surface area contributed by atoms with Gasteiger partial charge in [0.1, 0.15) is 5.82 Å². The normalized spacial score (nSPS) is 17.6. The number of nitrogens with one attached hydrogen (secondary N) is 3. The summed E-state index contributed by atoms with van der Waals surface area (Å²) in [5, 5.41) is 14.9. The maximum Gasteiger partial charge on any atom is 0.392 e. The average molecular weight is 540 g/mol. The Morgan fingerprint density at radius 3 is 2.68 bits per heavy atom. The summed E-state index contributed by atoms with van der Waals surface area (Å²) in [4.78, 5) is 20.7. The van der Waals surface area contributed by atoms with E-state index in [2.05, 4.69) is 40.8 Å². The van der Waals surface area contributed by atoms with Gasteiger partial charge in [0.25, 0.3) is 5.91 Å². The van der Waals surface area contributed by atoms with Crippen molar-refractivity contribution >= 4 is 29.4 Å². The Morgan fingerprint density at radius 2 is 2.08 bits per heavy atom. The van der Waals surface area contributed by atoms with Gasteiger partial charge in [-0.25, -0.2) is 9.67 Å². The number of carbonyl (C=O) groups is 1. The summed E-state index contributed by atoms with van der Waals surface area (Å²) in [7, 11) is 1.71. The highest BCUT2D eigenvalue weighted by molar-refractivity contribution is 8.02. The molecule has 13 heteroatoms. The van der Waals surface area contributed by atoms with Crippen LogP contribution in [0.2, 0.25) is 0 Å². The summed E-state index contributed by atoms with van der Waals surface area (Å²) in [6.07, 6.45) is -1.30. The van der Waals surface area contributed by atoms with Crippen molar-refractivity contribution in [2.24, 2.45) is 5.92 Å². The van der Waals surface area contributed by atoms with Crippen molar-refractivity contribution in [1.29, 1.82) is 5.41 Å². The second-order valence-corrected chi connectivity index (χ2v) is 10.4. The van der Waals surface area contributed by atoms with E-state index >= 15 is 0 Å². The molecule has 1 fully saturated rings. The van der Waals surface area contributed by atoms with Gasteiger partial charge in [-0.15, -0.1) is 5.10 Å². The number of ether oxygens (including phenoxy) is 1. The standard InChI is InChI=1S/C24H32F3N7O2S/c1-15-12-23(3,4)33(14-15)21-17(22(35)32-37-18(13-29-5)16(2)28)6-7-19(30-21)34-10-8-20(31-34)36-11-9-24(25,26)27/h6-8,10,13,15,28-29H,9,11-12,14H2,1-5H3,(H,32,35)/b18-13+,28-16?/t15-/m0/s1. The zero-order chi connectivity index (χ0) is 27.4. The fourth-order valence-corrected chi connectivity index (χ4v) is 4.84. The highest BCUT2D eigenvalue weighted by Gasteiger charge is 2.39. The first-order valence-electron chi connectivity index (χ1n) is 11.7. The number of hydrogen-bond acceptors (Lipinski definition) is 8. The number of amides is 1. The smallest absolute Gasteiger partial charge is 0.392 e. The van der Waals surface area contributed by atoms with Crippen LogP contribution in [0.1, 0.15) is 50.9 Å². The Labute approximate surface area is 218 Å². The summed E-state index contributed by atoms with van der Waals surface area (Å²) in [6, 6.07) is 4.73. The lowest BCUT2D eigenvalue weighted by Gasteiger charge is -2.34. The topological polar surface area (TPSA) is 108 Å².